The van der Waals surface area contributed by atoms with E-state index in [9.17, 15) is 8.42 Å². The SMILES string of the molecule is CN(CC1CC1)S(=O)(=O)c1cc(C#N)ccc1Cl. The van der Waals surface area contributed by atoms with Crippen LogP contribution < -0.4 is 0 Å². The van der Waals surface area contributed by atoms with E-state index in [2.05, 4.69) is 0 Å². The van der Waals surface area contributed by atoms with Gasteiger partial charge in [-0.3, -0.25) is 0 Å². The molecule has 0 bridgehead atoms. The summed E-state index contributed by atoms with van der Waals surface area (Å²) in [7, 11) is -2.06. The number of halogens is 1. The molecule has 96 valence electrons. The summed E-state index contributed by atoms with van der Waals surface area (Å²) < 4.78 is 25.9. The summed E-state index contributed by atoms with van der Waals surface area (Å²) in [5.74, 6) is 0.461. The van der Waals surface area contributed by atoms with Gasteiger partial charge in [-0.1, -0.05) is 11.6 Å². The Morgan fingerprint density at radius 1 is 1.50 bits per heavy atom. The fourth-order valence-electron chi connectivity index (χ4n) is 1.70. The quantitative estimate of drug-likeness (QED) is 0.852. The smallest absolute Gasteiger partial charge is 0.207 e. The van der Waals surface area contributed by atoms with Crippen LogP contribution in [0, 0.1) is 17.2 Å². The average Bonchev–Trinajstić information content (AvgIpc) is 3.13. The molecule has 4 nitrogen and oxygen atoms in total. The second-order valence-corrected chi connectivity index (χ2v) is 6.91. The van der Waals surface area contributed by atoms with Crippen LogP contribution in [0.5, 0.6) is 0 Å². The van der Waals surface area contributed by atoms with Gasteiger partial charge in [0.15, 0.2) is 0 Å². The van der Waals surface area contributed by atoms with Crippen molar-refractivity contribution < 1.29 is 8.42 Å². The van der Waals surface area contributed by atoms with Crippen molar-refractivity contribution >= 4 is 21.6 Å². The number of nitriles is 1. The zero-order chi connectivity index (χ0) is 13.3. The lowest BCUT2D eigenvalue weighted by atomic mass is 10.2. The highest BCUT2D eigenvalue weighted by molar-refractivity contribution is 7.89. The number of nitrogens with zero attached hydrogens (tertiary/aromatic N) is 2. The number of hydrogen-bond donors (Lipinski definition) is 0. The summed E-state index contributed by atoms with van der Waals surface area (Å²) in [6.07, 6.45) is 2.15. The Hall–Kier alpha value is -1.09. The van der Waals surface area contributed by atoms with Crippen molar-refractivity contribution in [1.82, 2.24) is 4.31 Å². The maximum Gasteiger partial charge on any atom is 0.244 e. The normalized spacial score (nSPS) is 15.7. The average molecular weight is 285 g/mol. The fourth-order valence-corrected chi connectivity index (χ4v) is 3.44. The van der Waals surface area contributed by atoms with Crippen LogP contribution in [-0.2, 0) is 10.0 Å². The lowest BCUT2D eigenvalue weighted by Crippen LogP contribution is -2.29. The first-order valence-electron chi connectivity index (χ1n) is 5.61. The molecule has 1 aliphatic carbocycles. The van der Waals surface area contributed by atoms with E-state index in [1.165, 1.54) is 22.5 Å². The molecule has 6 heteroatoms. The molecule has 0 atom stereocenters. The second kappa shape index (κ2) is 4.88. The molecule has 18 heavy (non-hydrogen) atoms. The van der Waals surface area contributed by atoms with Crippen LogP contribution in [0.25, 0.3) is 0 Å². The van der Waals surface area contributed by atoms with Gasteiger partial charge in [0.25, 0.3) is 0 Å². The van der Waals surface area contributed by atoms with Crippen LogP contribution in [0.2, 0.25) is 5.02 Å². The molecule has 0 saturated heterocycles. The van der Waals surface area contributed by atoms with Crippen molar-refractivity contribution in [3.8, 4) is 6.07 Å². The molecular formula is C12H13ClN2O2S. The lowest BCUT2D eigenvalue weighted by molar-refractivity contribution is 0.453. The third kappa shape index (κ3) is 2.66. The Kier molecular flexibility index (Phi) is 3.62. The molecule has 0 N–H and O–H groups in total. The molecule has 0 spiro atoms. The van der Waals surface area contributed by atoms with Gasteiger partial charge in [-0.15, -0.1) is 0 Å². The maximum absolute atomic E-state index is 12.3. The summed E-state index contributed by atoms with van der Waals surface area (Å²) in [5.41, 5.74) is 0.290. The van der Waals surface area contributed by atoms with Gasteiger partial charge >= 0.3 is 0 Å². The van der Waals surface area contributed by atoms with Crippen LogP contribution in [0.15, 0.2) is 23.1 Å². The molecule has 0 unspecified atom stereocenters. The van der Waals surface area contributed by atoms with Gasteiger partial charge in [-0.25, -0.2) is 12.7 Å². The minimum absolute atomic E-state index is 0.00590. The number of hydrogen-bond acceptors (Lipinski definition) is 3. The van der Waals surface area contributed by atoms with Crippen molar-refractivity contribution in [2.24, 2.45) is 5.92 Å². The van der Waals surface area contributed by atoms with Gasteiger partial charge in [0.05, 0.1) is 16.7 Å². The Morgan fingerprint density at radius 2 is 2.17 bits per heavy atom. The van der Waals surface area contributed by atoms with Crippen molar-refractivity contribution in [2.45, 2.75) is 17.7 Å². The molecule has 1 aromatic rings. The van der Waals surface area contributed by atoms with Gasteiger partial charge < -0.3 is 0 Å². The molecule has 1 fully saturated rings. The van der Waals surface area contributed by atoms with Gasteiger partial charge in [0, 0.05) is 13.6 Å². The first-order valence-corrected chi connectivity index (χ1v) is 7.43. The summed E-state index contributed by atoms with van der Waals surface area (Å²) >= 11 is 5.92. The lowest BCUT2D eigenvalue weighted by Gasteiger charge is -2.17. The summed E-state index contributed by atoms with van der Waals surface area (Å²) in [6, 6.07) is 6.18. The van der Waals surface area contributed by atoms with Crippen molar-refractivity contribution in [1.29, 1.82) is 5.26 Å². The minimum atomic E-state index is -3.61. The molecule has 0 amide bonds. The minimum Gasteiger partial charge on any atom is -0.207 e. The number of rotatable bonds is 4. The zero-order valence-corrected chi connectivity index (χ0v) is 11.5. The van der Waals surface area contributed by atoms with E-state index in [1.54, 1.807) is 7.05 Å². The highest BCUT2D eigenvalue weighted by Gasteiger charge is 2.30. The van der Waals surface area contributed by atoms with E-state index in [1.807, 2.05) is 6.07 Å². The molecule has 0 aromatic heterocycles. The summed E-state index contributed by atoms with van der Waals surface area (Å²) in [6.45, 7) is 0.509. The number of benzene rings is 1. The largest absolute Gasteiger partial charge is 0.244 e. The van der Waals surface area contributed by atoms with Crippen LogP contribution >= 0.6 is 11.6 Å². The van der Waals surface area contributed by atoms with E-state index < -0.39 is 10.0 Å². The van der Waals surface area contributed by atoms with Gasteiger partial charge in [0.2, 0.25) is 10.0 Å². The van der Waals surface area contributed by atoms with E-state index in [4.69, 9.17) is 16.9 Å². The molecule has 0 heterocycles. The van der Waals surface area contributed by atoms with E-state index in [-0.39, 0.29) is 15.5 Å². The number of sulfonamides is 1. The summed E-state index contributed by atoms with van der Waals surface area (Å²) in [4.78, 5) is 0.00590. The molecule has 0 radical (unpaired) electrons. The van der Waals surface area contributed by atoms with Gasteiger partial charge in [0.1, 0.15) is 4.90 Å². The monoisotopic (exact) mass is 284 g/mol. The van der Waals surface area contributed by atoms with Crippen LogP contribution in [0.4, 0.5) is 0 Å². The van der Waals surface area contributed by atoms with Crippen molar-refractivity contribution in [3.63, 3.8) is 0 Å². The molecule has 0 aliphatic heterocycles. The third-order valence-corrected chi connectivity index (χ3v) is 5.27. The Labute approximate surface area is 112 Å². The Morgan fingerprint density at radius 3 is 2.72 bits per heavy atom. The molecular weight excluding hydrogens is 272 g/mol. The van der Waals surface area contributed by atoms with Gasteiger partial charge in [-0.2, -0.15) is 5.26 Å². The third-order valence-electron chi connectivity index (χ3n) is 2.96. The van der Waals surface area contributed by atoms with E-state index in [0.29, 0.717) is 12.5 Å². The van der Waals surface area contributed by atoms with Gasteiger partial charge in [-0.05, 0) is 37.0 Å². The van der Waals surface area contributed by atoms with E-state index >= 15 is 0 Å². The molecule has 1 saturated carbocycles. The van der Waals surface area contributed by atoms with E-state index in [0.717, 1.165) is 12.8 Å². The van der Waals surface area contributed by atoms with Crippen LogP contribution in [-0.4, -0.2) is 26.3 Å². The second-order valence-electron chi connectivity index (χ2n) is 4.49. The zero-order valence-electron chi connectivity index (χ0n) is 9.93. The Balaban J connectivity index is 2.36. The molecule has 1 aromatic carbocycles. The van der Waals surface area contributed by atoms with Crippen molar-refractivity contribution in [3.05, 3.63) is 28.8 Å². The van der Waals surface area contributed by atoms with Crippen LogP contribution in [0.3, 0.4) is 0 Å². The fraction of sp³-hybridized carbons (Fsp3) is 0.417. The molecule has 2 rings (SSSR count). The highest BCUT2D eigenvalue weighted by Crippen LogP contribution is 2.32. The Bertz CT molecular complexity index is 603. The standard InChI is InChI=1S/C12H13ClN2O2S/c1-15(8-9-2-3-9)18(16,17)12-6-10(7-14)4-5-11(12)13/h4-6,9H,2-3,8H2,1H3. The first-order chi connectivity index (χ1) is 8.45. The van der Waals surface area contributed by atoms with Crippen LogP contribution in [0.1, 0.15) is 18.4 Å². The summed E-state index contributed by atoms with van der Waals surface area (Å²) in [5, 5.41) is 8.96. The molecule has 1 aliphatic rings. The van der Waals surface area contributed by atoms with Crippen molar-refractivity contribution in [2.75, 3.05) is 13.6 Å². The predicted molar refractivity (Wildman–Crippen MR) is 68.7 cm³/mol. The predicted octanol–water partition coefficient (Wildman–Crippen LogP) is 2.24. The highest BCUT2D eigenvalue weighted by atomic mass is 35.5. The topological polar surface area (TPSA) is 61.2 Å². The maximum atomic E-state index is 12.3. The first kappa shape index (κ1) is 13.3.